The Morgan fingerprint density at radius 3 is 3.00 bits per heavy atom. The van der Waals surface area contributed by atoms with E-state index in [1.807, 2.05) is 0 Å². The van der Waals surface area contributed by atoms with Crippen molar-refractivity contribution in [3.8, 4) is 5.75 Å². The highest BCUT2D eigenvalue weighted by Gasteiger charge is 1.97. The van der Waals surface area contributed by atoms with E-state index in [0.717, 1.165) is 0 Å². The van der Waals surface area contributed by atoms with Crippen LogP contribution >= 0.6 is 11.6 Å². The first-order chi connectivity index (χ1) is 7.74. The highest BCUT2D eigenvalue weighted by Crippen LogP contribution is 2.14. The van der Waals surface area contributed by atoms with Crippen molar-refractivity contribution in [2.24, 2.45) is 0 Å². The molecule has 2 N–H and O–H groups in total. The van der Waals surface area contributed by atoms with Crippen LogP contribution in [0.5, 0.6) is 5.75 Å². The van der Waals surface area contributed by atoms with Gasteiger partial charge in [-0.3, -0.25) is 9.67 Å². The van der Waals surface area contributed by atoms with Crippen molar-refractivity contribution in [2.45, 2.75) is 6.54 Å². The minimum atomic E-state index is 0.489. The van der Waals surface area contributed by atoms with Gasteiger partial charge in [-0.1, -0.05) is 11.6 Å². The van der Waals surface area contributed by atoms with Crippen LogP contribution < -0.4 is 10.5 Å². The van der Waals surface area contributed by atoms with Crippen LogP contribution in [0.3, 0.4) is 0 Å². The number of anilines is 1. The Hall–Kier alpha value is -1.75. The van der Waals surface area contributed by atoms with Gasteiger partial charge in [0.1, 0.15) is 18.2 Å². The molecular weight excluding hydrogens is 228 g/mol. The van der Waals surface area contributed by atoms with Crippen LogP contribution in [0.2, 0.25) is 5.02 Å². The van der Waals surface area contributed by atoms with E-state index in [1.165, 1.54) is 0 Å². The molecule has 0 atom stereocenters. The predicted molar refractivity (Wildman–Crippen MR) is 61.4 cm³/mol. The summed E-state index contributed by atoms with van der Waals surface area (Å²) in [4.78, 5) is 3.91. The number of nitrogen functional groups attached to an aromatic ring is 1. The average molecular weight is 239 g/mol. The quantitative estimate of drug-likeness (QED) is 0.879. The molecular formula is C10H11ClN4O. The standard InChI is InChI=1S/C10H11ClN4O/c11-8-5-9(7-13-6-8)16-4-3-15-2-1-10(12)14-15/h1-2,5-7H,3-4H2,(H2,12,14). The van der Waals surface area contributed by atoms with Crippen LogP contribution in [0.1, 0.15) is 0 Å². The largest absolute Gasteiger partial charge is 0.490 e. The Balaban J connectivity index is 1.84. The minimum Gasteiger partial charge on any atom is -0.490 e. The molecule has 0 aliphatic heterocycles. The zero-order chi connectivity index (χ0) is 11.4. The molecule has 0 aromatic carbocycles. The molecule has 2 aromatic rings. The van der Waals surface area contributed by atoms with Gasteiger partial charge in [0, 0.05) is 18.5 Å². The molecule has 6 heteroatoms. The maximum atomic E-state index is 5.77. The summed E-state index contributed by atoms with van der Waals surface area (Å²) in [6.07, 6.45) is 4.97. The van der Waals surface area contributed by atoms with Gasteiger partial charge in [0.15, 0.2) is 0 Å². The number of ether oxygens (including phenoxy) is 1. The summed E-state index contributed by atoms with van der Waals surface area (Å²) in [6, 6.07) is 3.45. The van der Waals surface area contributed by atoms with E-state index in [0.29, 0.717) is 29.7 Å². The Labute approximate surface area is 97.8 Å². The molecule has 0 saturated carbocycles. The van der Waals surface area contributed by atoms with Crippen LogP contribution in [0.25, 0.3) is 0 Å². The number of pyridine rings is 1. The minimum absolute atomic E-state index is 0.489. The fourth-order valence-corrected chi connectivity index (χ4v) is 1.39. The Kier molecular flexibility index (Phi) is 3.26. The van der Waals surface area contributed by atoms with Gasteiger partial charge in [-0.05, 0) is 6.07 Å². The van der Waals surface area contributed by atoms with Crippen molar-refractivity contribution in [2.75, 3.05) is 12.3 Å². The smallest absolute Gasteiger partial charge is 0.145 e. The van der Waals surface area contributed by atoms with Crippen LogP contribution in [0, 0.1) is 0 Å². The van der Waals surface area contributed by atoms with Crippen LogP contribution in [0.15, 0.2) is 30.7 Å². The lowest BCUT2D eigenvalue weighted by molar-refractivity contribution is 0.290. The van der Waals surface area contributed by atoms with E-state index in [9.17, 15) is 0 Å². The molecule has 0 unspecified atom stereocenters. The van der Waals surface area contributed by atoms with Gasteiger partial charge in [0.05, 0.1) is 17.8 Å². The Morgan fingerprint density at radius 1 is 1.44 bits per heavy atom. The summed E-state index contributed by atoms with van der Waals surface area (Å²) in [5.74, 6) is 1.15. The van der Waals surface area contributed by atoms with E-state index in [2.05, 4.69) is 10.1 Å². The average Bonchev–Trinajstić information content (AvgIpc) is 2.64. The van der Waals surface area contributed by atoms with E-state index in [4.69, 9.17) is 22.1 Å². The molecule has 0 aliphatic rings. The van der Waals surface area contributed by atoms with E-state index >= 15 is 0 Å². The Bertz CT molecular complexity index is 471. The normalized spacial score (nSPS) is 10.3. The molecule has 0 saturated heterocycles. The van der Waals surface area contributed by atoms with Crippen molar-refractivity contribution in [3.05, 3.63) is 35.7 Å². The van der Waals surface area contributed by atoms with Crippen LogP contribution in [0.4, 0.5) is 5.82 Å². The highest BCUT2D eigenvalue weighted by atomic mass is 35.5. The van der Waals surface area contributed by atoms with Gasteiger partial charge in [-0.2, -0.15) is 5.10 Å². The second-order valence-electron chi connectivity index (χ2n) is 3.19. The van der Waals surface area contributed by atoms with Crippen molar-refractivity contribution >= 4 is 17.4 Å². The third kappa shape index (κ3) is 2.87. The number of aromatic nitrogens is 3. The molecule has 2 rings (SSSR count). The lowest BCUT2D eigenvalue weighted by Crippen LogP contribution is -2.09. The molecule has 84 valence electrons. The molecule has 0 fully saturated rings. The fourth-order valence-electron chi connectivity index (χ4n) is 1.23. The second-order valence-corrected chi connectivity index (χ2v) is 3.63. The summed E-state index contributed by atoms with van der Waals surface area (Å²) in [6.45, 7) is 1.12. The lowest BCUT2D eigenvalue weighted by Gasteiger charge is -2.05. The first kappa shape index (κ1) is 10.8. The van der Waals surface area contributed by atoms with Crippen molar-refractivity contribution < 1.29 is 4.74 Å². The number of rotatable bonds is 4. The Morgan fingerprint density at radius 2 is 2.31 bits per heavy atom. The van der Waals surface area contributed by atoms with Crippen molar-refractivity contribution in [3.63, 3.8) is 0 Å². The van der Waals surface area contributed by atoms with Gasteiger partial charge < -0.3 is 10.5 Å². The first-order valence-corrected chi connectivity index (χ1v) is 5.14. The SMILES string of the molecule is Nc1ccn(CCOc2cncc(Cl)c2)n1. The predicted octanol–water partition coefficient (Wildman–Crippen LogP) is 1.59. The van der Waals surface area contributed by atoms with Crippen molar-refractivity contribution in [1.29, 1.82) is 0 Å². The summed E-state index contributed by atoms with van der Waals surface area (Å²) >= 11 is 5.77. The summed E-state index contributed by atoms with van der Waals surface area (Å²) in [5.41, 5.74) is 5.48. The summed E-state index contributed by atoms with van der Waals surface area (Å²) in [7, 11) is 0. The lowest BCUT2D eigenvalue weighted by atomic mass is 10.4. The molecule has 0 bridgehead atoms. The number of nitrogens with zero attached hydrogens (tertiary/aromatic N) is 3. The molecule has 16 heavy (non-hydrogen) atoms. The zero-order valence-corrected chi connectivity index (χ0v) is 9.26. The molecule has 2 heterocycles. The van der Waals surface area contributed by atoms with Gasteiger partial charge in [0.2, 0.25) is 0 Å². The zero-order valence-electron chi connectivity index (χ0n) is 8.51. The molecule has 0 spiro atoms. The van der Waals surface area contributed by atoms with Crippen molar-refractivity contribution in [1.82, 2.24) is 14.8 Å². The number of halogens is 1. The van der Waals surface area contributed by atoms with Crippen LogP contribution in [-0.4, -0.2) is 21.4 Å². The first-order valence-electron chi connectivity index (χ1n) is 4.76. The maximum absolute atomic E-state index is 5.77. The fraction of sp³-hybridized carbons (Fsp3) is 0.200. The van der Waals surface area contributed by atoms with Gasteiger partial charge in [0.25, 0.3) is 0 Å². The van der Waals surface area contributed by atoms with Crippen LogP contribution in [-0.2, 0) is 6.54 Å². The molecule has 0 aliphatic carbocycles. The highest BCUT2D eigenvalue weighted by molar-refractivity contribution is 6.30. The third-order valence-electron chi connectivity index (χ3n) is 1.93. The van der Waals surface area contributed by atoms with E-state index < -0.39 is 0 Å². The second kappa shape index (κ2) is 4.85. The van der Waals surface area contributed by atoms with Gasteiger partial charge >= 0.3 is 0 Å². The topological polar surface area (TPSA) is 66.0 Å². The molecule has 0 radical (unpaired) electrons. The van der Waals surface area contributed by atoms with Gasteiger partial charge in [-0.25, -0.2) is 0 Å². The number of hydrogen-bond donors (Lipinski definition) is 1. The van der Waals surface area contributed by atoms with E-state index in [1.54, 1.807) is 35.4 Å². The molecule has 0 amide bonds. The maximum Gasteiger partial charge on any atom is 0.145 e. The third-order valence-corrected chi connectivity index (χ3v) is 2.14. The monoisotopic (exact) mass is 238 g/mol. The number of hydrogen-bond acceptors (Lipinski definition) is 4. The molecule has 5 nitrogen and oxygen atoms in total. The summed E-state index contributed by atoms with van der Waals surface area (Å²) in [5, 5.41) is 4.59. The van der Waals surface area contributed by atoms with E-state index in [-0.39, 0.29) is 0 Å². The van der Waals surface area contributed by atoms with Gasteiger partial charge in [-0.15, -0.1) is 0 Å². The summed E-state index contributed by atoms with van der Waals surface area (Å²) < 4.78 is 7.17. The number of nitrogens with two attached hydrogens (primary N) is 1. The molecule has 2 aromatic heterocycles.